The second kappa shape index (κ2) is 10.9. The van der Waals surface area contributed by atoms with Gasteiger partial charge in [-0.05, 0) is 24.1 Å². The van der Waals surface area contributed by atoms with E-state index in [-0.39, 0.29) is 24.8 Å². The van der Waals surface area contributed by atoms with E-state index in [0.29, 0.717) is 0 Å². The van der Waals surface area contributed by atoms with Crippen molar-refractivity contribution in [3.8, 4) is 0 Å². The van der Waals surface area contributed by atoms with Gasteiger partial charge in [0.05, 0.1) is 11.9 Å². The molecule has 2 N–H and O–H groups in total. The molecule has 0 amide bonds. The fourth-order valence-electron chi connectivity index (χ4n) is 3.63. The van der Waals surface area contributed by atoms with Crippen LogP contribution in [0.25, 0.3) is 16.3 Å². The van der Waals surface area contributed by atoms with Gasteiger partial charge in [-0.25, -0.2) is 4.98 Å². The molecule has 3 heterocycles. The summed E-state index contributed by atoms with van der Waals surface area (Å²) in [6.45, 7) is 7.95. The molecule has 1 fully saturated rings. The van der Waals surface area contributed by atoms with Crippen LogP contribution in [0, 0.1) is 0 Å². The summed E-state index contributed by atoms with van der Waals surface area (Å²) in [6, 6.07) is 12.8. The number of aromatic nitrogens is 2. The van der Waals surface area contributed by atoms with Crippen molar-refractivity contribution < 1.29 is 34.6 Å². The molecule has 1 aliphatic rings. The minimum atomic E-state index is 0. The number of halogens is 2. The molecule has 0 aliphatic carbocycles. The SMILES string of the molecule is CCc1cc2c([NH+]3CC[NH+](CC=Cc4ccccc4)CC3)ncnc2s1.[Cl-].[Cl-]. The Bertz CT molecular complexity index is 890. The Hall–Kier alpha value is -1.50. The lowest BCUT2D eigenvalue weighted by Crippen LogP contribution is -3.26. The maximum absolute atomic E-state index is 4.64. The summed E-state index contributed by atoms with van der Waals surface area (Å²) in [7, 11) is 0. The molecule has 7 heteroatoms. The highest BCUT2D eigenvalue weighted by Gasteiger charge is 2.27. The molecule has 2 aromatic heterocycles. The molecule has 0 spiro atoms. The van der Waals surface area contributed by atoms with E-state index in [9.17, 15) is 0 Å². The second-order valence-corrected chi connectivity index (χ2v) is 7.99. The Balaban J connectivity index is 0.00000140. The highest BCUT2D eigenvalue weighted by atomic mass is 35.5. The number of aryl methyl sites for hydroxylation is 1. The van der Waals surface area contributed by atoms with Crippen molar-refractivity contribution in [1.82, 2.24) is 9.97 Å². The Morgan fingerprint density at radius 2 is 1.79 bits per heavy atom. The summed E-state index contributed by atoms with van der Waals surface area (Å²) < 4.78 is 0. The first-order chi connectivity index (χ1) is 12.8. The van der Waals surface area contributed by atoms with E-state index in [1.54, 1.807) is 22.6 Å². The predicted octanol–water partition coefficient (Wildman–Crippen LogP) is -4.61. The molecule has 4 nitrogen and oxygen atoms in total. The van der Waals surface area contributed by atoms with Crippen LogP contribution in [0.3, 0.4) is 0 Å². The van der Waals surface area contributed by atoms with E-state index >= 15 is 0 Å². The van der Waals surface area contributed by atoms with Gasteiger partial charge in [-0.3, -0.25) is 4.90 Å². The van der Waals surface area contributed by atoms with Crippen molar-refractivity contribution in [2.24, 2.45) is 0 Å². The van der Waals surface area contributed by atoms with Crippen molar-refractivity contribution in [2.75, 3.05) is 32.7 Å². The Morgan fingerprint density at radius 3 is 2.50 bits per heavy atom. The lowest BCUT2D eigenvalue weighted by molar-refractivity contribution is -0.983. The quantitative estimate of drug-likeness (QED) is 0.422. The van der Waals surface area contributed by atoms with Crippen molar-refractivity contribution in [2.45, 2.75) is 13.3 Å². The lowest BCUT2D eigenvalue weighted by Gasteiger charge is -2.28. The first-order valence-corrected chi connectivity index (χ1v) is 10.3. The van der Waals surface area contributed by atoms with E-state index < -0.39 is 0 Å². The van der Waals surface area contributed by atoms with Crippen LogP contribution in [0.1, 0.15) is 17.4 Å². The van der Waals surface area contributed by atoms with Crippen LogP contribution in [-0.4, -0.2) is 42.7 Å². The molecule has 150 valence electrons. The number of nitrogens with zero attached hydrogens (tertiary/aromatic N) is 2. The molecule has 0 bridgehead atoms. The fourth-order valence-corrected chi connectivity index (χ4v) is 4.57. The molecule has 4 rings (SSSR count). The summed E-state index contributed by atoms with van der Waals surface area (Å²) in [5.74, 6) is 1.20. The molecule has 0 radical (unpaired) electrons. The second-order valence-electron chi connectivity index (χ2n) is 6.88. The normalized spacial score (nSPS) is 19.3. The maximum Gasteiger partial charge on any atom is 0.238 e. The average molecular weight is 437 g/mol. The molecule has 0 atom stereocenters. The molecule has 1 saturated heterocycles. The van der Waals surface area contributed by atoms with Gasteiger partial charge in [-0.1, -0.05) is 43.3 Å². The van der Waals surface area contributed by atoms with Crippen LogP contribution in [0.2, 0.25) is 0 Å². The Labute approximate surface area is 183 Å². The molecule has 1 aromatic carbocycles. The zero-order valence-corrected chi connectivity index (χ0v) is 18.3. The molecule has 1 aliphatic heterocycles. The van der Waals surface area contributed by atoms with Gasteiger partial charge in [0.25, 0.3) is 0 Å². The summed E-state index contributed by atoms with van der Waals surface area (Å²) >= 11 is 1.81. The van der Waals surface area contributed by atoms with Crippen LogP contribution in [0.15, 0.2) is 48.8 Å². The molecular weight excluding hydrogens is 411 g/mol. The van der Waals surface area contributed by atoms with Gasteiger partial charge in [0.2, 0.25) is 5.82 Å². The zero-order chi connectivity index (χ0) is 17.8. The van der Waals surface area contributed by atoms with Crippen LogP contribution in [0.4, 0.5) is 5.82 Å². The third-order valence-electron chi connectivity index (χ3n) is 5.14. The number of hydrogen-bond acceptors (Lipinski definition) is 3. The van der Waals surface area contributed by atoms with Crippen LogP contribution >= 0.6 is 11.3 Å². The average Bonchev–Trinajstić information content (AvgIpc) is 3.13. The Kier molecular flexibility index (Phi) is 8.86. The monoisotopic (exact) mass is 436 g/mol. The standard InChI is InChI=1S/C21H24N4S.2ClH/c1-2-18-15-19-20(22-16-23-21(19)26-18)25-13-11-24(12-14-25)10-6-9-17-7-4-3-5-8-17;;/h3-9,15-16H,2,10-14H2,1H3;2*1H. The smallest absolute Gasteiger partial charge is 0.238 e. The number of benzene rings is 1. The van der Waals surface area contributed by atoms with E-state index in [4.69, 9.17) is 0 Å². The van der Waals surface area contributed by atoms with E-state index in [0.717, 1.165) is 30.9 Å². The fraction of sp³-hybridized carbons (Fsp3) is 0.333. The van der Waals surface area contributed by atoms with E-state index in [1.807, 2.05) is 0 Å². The molecule has 28 heavy (non-hydrogen) atoms. The number of rotatable bonds is 5. The zero-order valence-electron chi connectivity index (χ0n) is 16.0. The van der Waals surface area contributed by atoms with Gasteiger partial charge in [0, 0.05) is 4.88 Å². The first kappa shape index (κ1) is 22.8. The topological polar surface area (TPSA) is 34.7 Å². The third kappa shape index (κ3) is 5.31. The van der Waals surface area contributed by atoms with Crippen molar-refractivity contribution in [1.29, 1.82) is 0 Å². The summed E-state index contributed by atoms with van der Waals surface area (Å²) in [6.07, 6.45) is 7.35. The number of fused-ring (bicyclic) bond motifs is 1. The number of nitrogens with one attached hydrogen (secondary N) is 2. The molecule has 0 saturated carbocycles. The minimum Gasteiger partial charge on any atom is -1.00 e. The van der Waals surface area contributed by atoms with E-state index in [1.165, 1.54) is 39.6 Å². The van der Waals surface area contributed by atoms with Crippen molar-refractivity contribution in [3.63, 3.8) is 0 Å². The van der Waals surface area contributed by atoms with Crippen LogP contribution < -0.4 is 34.6 Å². The van der Waals surface area contributed by atoms with E-state index in [2.05, 4.69) is 65.4 Å². The van der Waals surface area contributed by atoms with Gasteiger partial charge in [-0.2, -0.15) is 4.98 Å². The lowest BCUT2D eigenvalue weighted by atomic mass is 10.2. The third-order valence-corrected chi connectivity index (χ3v) is 6.33. The largest absolute Gasteiger partial charge is 1.00 e. The number of hydrogen-bond donors (Lipinski definition) is 2. The molecular formula is C21H26Cl2N4S. The van der Waals surface area contributed by atoms with Crippen LogP contribution in [-0.2, 0) is 6.42 Å². The van der Waals surface area contributed by atoms with Crippen LogP contribution in [0.5, 0.6) is 0 Å². The maximum atomic E-state index is 4.64. The summed E-state index contributed by atoms with van der Waals surface area (Å²) in [5, 5.41) is 1.26. The van der Waals surface area contributed by atoms with Gasteiger partial charge in [0.1, 0.15) is 37.3 Å². The summed E-state index contributed by atoms with van der Waals surface area (Å²) in [4.78, 5) is 14.8. The predicted molar refractivity (Wildman–Crippen MR) is 108 cm³/mol. The number of quaternary nitrogens is 2. The number of thiophene rings is 1. The summed E-state index contributed by atoms with van der Waals surface area (Å²) in [5.41, 5.74) is 1.28. The molecule has 3 aromatic rings. The first-order valence-electron chi connectivity index (χ1n) is 9.47. The highest BCUT2D eigenvalue weighted by Crippen LogP contribution is 2.26. The molecule has 0 unspecified atom stereocenters. The van der Waals surface area contributed by atoms with Gasteiger partial charge >= 0.3 is 0 Å². The van der Waals surface area contributed by atoms with Crippen molar-refractivity contribution >= 4 is 33.4 Å². The highest BCUT2D eigenvalue weighted by molar-refractivity contribution is 7.18. The van der Waals surface area contributed by atoms with Gasteiger partial charge < -0.3 is 29.7 Å². The number of piperazine rings is 1. The van der Waals surface area contributed by atoms with Crippen molar-refractivity contribution in [3.05, 3.63) is 59.2 Å². The Morgan fingerprint density at radius 1 is 1.04 bits per heavy atom. The minimum absolute atomic E-state index is 0. The van der Waals surface area contributed by atoms with Gasteiger partial charge in [-0.15, -0.1) is 11.3 Å². The van der Waals surface area contributed by atoms with Gasteiger partial charge in [0.15, 0.2) is 0 Å².